The Morgan fingerprint density at radius 3 is 2.39 bits per heavy atom. The van der Waals surface area contributed by atoms with Gasteiger partial charge >= 0.3 is 5.22 Å². The van der Waals surface area contributed by atoms with Gasteiger partial charge in [0.15, 0.2) is 0 Å². The molecule has 0 amide bonds. The zero-order valence-electron chi connectivity index (χ0n) is 12.4. The molecule has 0 fully saturated rings. The smallest absolute Gasteiger partial charge is 0.335 e. The Kier molecular flexibility index (Phi) is 4.55. The molecule has 0 saturated carbocycles. The van der Waals surface area contributed by atoms with Gasteiger partial charge in [-0.1, -0.05) is 5.10 Å². The van der Waals surface area contributed by atoms with Gasteiger partial charge < -0.3 is 4.42 Å². The van der Waals surface area contributed by atoms with Gasteiger partial charge in [0.2, 0.25) is 25.8 Å². The molecule has 1 aromatic carbocycles. The van der Waals surface area contributed by atoms with Crippen molar-refractivity contribution in [2.75, 3.05) is 6.26 Å². The molecule has 2 rings (SSSR count). The Bertz CT molecular complexity index is 937. The van der Waals surface area contributed by atoms with E-state index in [1.54, 1.807) is 0 Å². The first-order valence-electron chi connectivity index (χ1n) is 6.32. The molecule has 0 aliphatic rings. The largest absolute Gasteiger partial charge is 0.411 e. The molecule has 1 N–H and O–H groups in total. The molecule has 126 valence electrons. The van der Waals surface area contributed by atoms with Crippen molar-refractivity contribution in [3.8, 4) is 0 Å². The molecule has 0 bridgehead atoms. The van der Waals surface area contributed by atoms with Crippen molar-refractivity contribution in [3.05, 3.63) is 35.5 Å². The van der Waals surface area contributed by atoms with Crippen molar-refractivity contribution in [1.82, 2.24) is 14.9 Å². The molecule has 0 saturated heterocycles. The number of sulfone groups is 1. The highest BCUT2D eigenvalue weighted by atomic mass is 32.2. The summed E-state index contributed by atoms with van der Waals surface area (Å²) in [5.74, 6) is -0.752. The van der Waals surface area contributed by atoms with Crippen LogP contribution in [0.5, 0.6) is 0 Å². The van der Waals surface area contributed by atoms with Crippen molar-refractivity contribution < 1.29 is 25.6 Å². The maximum absolute atomic E-state index is 13.1. The normalized spacial score (nSPS) is 13.9. The SMILES string of the molecule is Cc1cc(F)ccc1S(=O)(=O)N[C@@H](C)c1nnc(S(C)(=O)=O)o1. The van der Waals surface area contributed by atoms with Crippen LogP contribution in [0.25, 0.3) is 0 Å². The van der Waals surface area contributed by atoms with E-state index < -0.39 is 36.9 Å². The van der Waals surface area contributed by atoms with E-state index >= 15 is 0 Å². The van der Waals surface area contributed by atoms with Crippen LogP contribution in [0, 0.1) is 12.7 Å². The van der Waals surface area contributed by atoms with Crippen molar-refractivity contribution in [2.24, 2.45) is 0 Å². The van der Waals surface area contributed by atoms with Crippen LogP contribution in [-0.2, 0) is 19.9 Å². The number of halogens is 1. The fourth-order valence-corrected chi connectivity index (χ4v) is 3.66. The third-order valence-electron chi connectivity index (χ3n) is 2.87. The number of aromatic nitrogens is 2. The number of nitrogens with one attached hydrogen (secondary N) is 1. The summed E-state index contributed by atoms with van der Waals surface area (Å²) in [6.07, 6.45) is 0.890. The number of benzene rings is 1. The van der Waals surface area contributed by atoms with Crippen molar-refractivity contribution >= 4 is 19.9 Å². The van der Waals surface area contributed by atoms with Crippen LogP contribution in [0.2, 0.25) is 0 Å². The second kappa shape index (κ2) is 5.98. The molecule has 1 heterocycles. The molecule has 0 unspecified atom stereocenters. The van der Waals surface area contributed by atoms with E-state index in [4.69, 9.17) is 4.42 Å². The van der Waals surface area contributed by atoms with Gasteiger partial charge in [-0.05, 0) is 37.6 Å². The lowest BCUT2D eigenvalue weighted by atomic mass is 10.2. The number of nitrogens with zero attached hydrogens (tertiary/aromatic N) is 2. The Morgan fingerprint density at radius 1 is 1.22 bits per heavy atom. The second-order valence-corrected chi connectivity index (χ2v) is 8.51. The van der Waals surface area contributed by atoms with Crippen LogP contribution < -0.4 is 4.72 Å². The second-order valence-electron chi connectivity index (χ2n) is 4.93. The summed E-state index contributed by atoms with van der Waals surface area (Å²) in [6, 6.07) is 2.29. The molecule has 8 nitrogen and oxygen atoms in total. The Hall–Kier alpha value is -1.85. The molecule has 2 aromatic rings. The highest BCUT2D eigenvalue weighted by molar-refractivity contribution is 7.90. The topological polar surface area (TPSA) is 119 Å². The molecular formula is C12H14FN3O5S2. The van der Waals surface area contributed by atoms with E-state index in [0.29, 0.717) is 0 Å². The summed E-state index contributed by atoms with van der Waals surface area (Å²) in [4.78, 5) is -0.103. The third kappa shape index (κ3) is 3.92. The average Bonchev–Trinajstić information content (AvgIpc) is 2.86. The van der Waals surface area contributed by atoms with Gasteiger partial charge in [0.25, 0.3) is 0 Å². The minimum Gasteiger partial charge on any atom is -0.411 e. The Morgan fingerprint density at radius 2 is 1.87 bits per heavy atom. The van der Waals surface area contributed by atoms with Crippen LogP contribution in [0.3, 0.4) is 0 Å². The average molecular weight is 363 g/mol. The van der Waals surface area contributed by atoms with E-state index in [9.17, 15) is 21.2 Å². The number of aryl methyl sites for hydroxylation is 1. The van der Waals surface area contributed by atoms with Gasteiger partial charge in [-0.25, -0.2) is 21.2 Å². The lowest BCUT2D eigenvalue weighted by Gasteiger charge is -2.12. The summed E-state index contributed by atoms with van der Waals surface area (Å²) in [5.41, 5.74) is 0.229. The van der Waals surface area contributed by atoms with Crippen molar-refractivity contribution in [1.29, 1.82) is 0 Å². The fraction of sp³-hybridized carbons (Fsp3) is 0.333. The highest BCUT2D eigenvalue weighted by Crippen LogP contribution is 2.20. The molecule has 11 heteroatoms. The quantitative estimate of drug-likeness (QED) is 0.840. The first kappa shape index (κ1) is 17.5. The molecule has 1 aromatic heterocycles. The molecule has 1 atom stereocenters. The van der Waals surface area contributed by atoms with E-state index in [0.717, 1.165) is 24.5 Å². The van der Waals surface area contributed by atoms with Crippen LogP contribution >= 0.6 is 0 Å². The van der Waals surface area contributed by atoms with Gasteiger partial charge in [-0.3, -0.25) is 0 Å². The Balaban J connectivity index is 2.28. The molecular weight excluding hydrogens is 349 g/mol. The molecule has 0 spiro atoms. The summed E-state index contributed by atoms with van der Waals surface area (Å²) < 4.78 is 67.5. The molecule has 0 radical (unpaired) electrons. The Labute approximate surface area is 132 Å². The highest BCUT2D eigenvalue weighted by Gasteiger charge is 2.25. The third-order valence-corrected chi connectivity index (χ3v) is 5.37. The number of rotatable bonds is 5. The van der Waals surface area contributed by atoms with E-state index in [2.05, 4.69) is 14.9 Å². The maximum Gasteiger partial charge on any atom is 0.335 e. The van der Waals surface area contributed by atoms with Crippen LogP contribution in [0.15, 0.2) is 32.7 Å². The predicted octanol–water partition coefficient (Wildman–Crippen LogP) is 0.960. The van der Waals surface area contributed by atoms with Crippen LogP contribution in [-0.4, -0.2) is 33.3 Å². The van der Waals surface area contributed by atoms with Gasteiger partial charge in [0, 0.05) is 6.26 Å². The molecule has 0 aliphatic carbocycles. The number of hydrogen-bond donors (Lipinski definition) is 1. The monoisotopic (exact) mass is 363 g/mol. The first-order valence-corrected chi connectivity index (χ1v) is 9.70. The zero-order valence-corrected chi connectivity index (χ0v) is 14.1. The fourth-order valence-electron chi connectivity index (χ4n) is 1.81. The van der Waals surface area contributed by atoms with E-state index in [-0.39, 0.29) is 16.3 Å². The number of sulfonamides is 1. The van der Waals surface area contributed by atoms with E-state index in [1.807, 2.05) is 0 Å². The van der Waals surface area contributed by atoms with Gasteiger partial charge in [-0.2, -0.15) is 4.72 Å². The van der Waals surface area contributed by atoms with Gasteiger partial charge in [-0.15, -0.1) is 5.10 Å². The zero-order chi connectivity index (χ0) is 17.4. The van der Waals surface area contributed by atoms with Crippen LogP contribution in [0.1, 0.15) is 24.4 Å². The summed E-state index contributed by atoms with van der Waals surface area (Å²) in [6.45, 7) is 2.87. The molecule has 23 heavy (non-hydrogen) atoms. The lowest BCUT2D eigenvalue weighted by molar-refractivity contribution is 0.373. The minimum absolute atomic E-state index is 0.103. The van der Waals surface area contributed by atoms with Gasteiger partial charge in [0.05, 0.1) is 10.9 Å². The molecule has 0 aliphatic heterocycles. The summed E-state index contributed by atoms with van der Waals surface area (Å²) in [7, 11) is -7.66. The minimum atomic E-state index is -3.98. The predicted molar refractivity (Wildman–Crippen MR) is 77.3 cm³/mol. The van der Waals surface area contributed by atoms with Gasteiger partial charge in [0.1, 0.15) is 5.82 Å². The van der Waals surface area contributed by atoms with Crippen molar-refractivity contribution in [2.45, 2.75) is 30.0 Å². The first-order chi connectivity index (χ1) is 10.5. The summed E-state index contributed by atoms with van der Waals surface area (Å²) >= 11 is 0. The van der Waals surface area contributed by atoms with Crippen LogP contribution in [0.4, 0.5) is 4.39 Å². The van der Waals surface area contributed by atoms with E-state index in [1.165, 1.54) is 13.8 Å². The lowest BCUT2D eigenvalue weighted by Crippen LogP contribution is -2.27. The summed E-state index contributed by atoms with van der Waals surface area (Å²) in [5, 5.41) is 6.27. The maximum atomic E-state index is 13.1. The standard InChI is InChI=1S/C12H14FN3O5S2/c1-7-6-9(13)4-5-10(7)23(19,20)16-8(2)11-14-15-12(21-11)22(3,17)18/h4-6,8,16H,1-3H3/t8-/m0/s1. The number of hydrogen-bond acceptors (Lipinski definition) is 7. The van der Waals surface area contributed by atoms with Crippen molar-refractivity contribution in [3.63, 3.8) is 0 Å².